The van der Waals surface area contributed by atoms with Gasteiger partial charge in [0.25, 0.3) is 0 Å². The summed E-state index contributed by atoms with van der Waals surface area (Å²) in [5.41, 5.74) is 1.43. The Kier molecular flexibility index (Phi) is 2.91. The molecule has 0 aliphatic carbocycles. The molecule has 0 spiro atoms. The molecule has 0 aliphatic heterocycles. The maximum absolute atomic E-state index is 10.5. The monoisotopic (exact) mass is 160 g/mol. The molecule has 1 aromatic rings. The Morgan fingerprint density at radius 1 is 1.58 bits per heavy atom. The first kappa shape index (κ1) is 8.85. The molecular weight excluding hydrogens is 151 g/mol. The lowest BCUT2D eigenvalue weighted by Crippen LogP contribution is -1.94. The Labute approximate surface area is 73.0 Å². The zero-order chi connectivity index (χ0) is 8.97. The normalized spacial score (nSPS) is 9.42. The quantitative estimate of drug-likeness (QED) is 0.490. The van der Waals surface area contributed by atoms with Gasteiger partial charge in [-0.05, 0) is 23.8 Å². The number of rotatable bonds is 3. The van der Waals surface area contributed by atoms with Crippen LogP contribution in [-0.2, 0) is 6.32 Å². The Morgan fingerprint density at radius 2 is 2.33 bits per heavy atom. The van der Waals surface area contributed by atoms with Crippen LogP contribution in [0.3, 0.4) is 0 Å². The number of aldehydes is 1. The minimum Gasteiger partial charge on any atom is -0.497 e. The number of carbonyl (C=O) groups excluding carboxylic acids is 1. The standard InChI is InChI=1S/C9H9BO2/c1-12-9-3-2-7(6-11)8(4-9)5-10/h2-4,6H,5H2,1H3. The summed E-state index contributed by atoms with van der Waals surface area (Å²) in [5.74, 6) is 0.723. The van der Waals surface area contributed by atoms with Crippen molar-refractivity contribution >= 4 is 14.1 Å². The fraction of sp³-hybridized carbons (Fsp3) is 0.222. The summed E-state index contributed by atoms with van der Waals surface area (Å²) in [5, 5.41) is 0. The van der Waals surface area contributed by atoms with E-state index in [1.54, 1.807) is 25.3 Å². The molecule has 1 aromatic carbocycles. The summed E-state index contributed by atoms with van der Waals surface area (Å²) in [6.45, 7) is 0. The summed E-state index contributed by atoms with van der Waals surface area (Å²) >= 11 is 0. The van der Waals surface area contributed by atoms with Gasteiger partial charge in [0, 0.05) is 5.56 Å². The van der Waals surface area contributed by atoms with Gasteiger partial charge in [0.2, 0.25) is 0 Å². The summed E-state index contributed by atoms with van der Waals surface area (Å²) in [6, 6.07) is 5.21. The Balaban J connectivity index is 3.10. The van der Waals surface area contributed by atoms with E-state index in [2.05, 4.69) is 0 Å². The minimum atomic E-state index is 0.352. The van der Waals surface area contributed by atoms with E-state index in [4.69, 9.17) is 12.6 Å². The van der Waals surface area contributed by atoms with Crippen LogP contribution in [0.1, 0.15) is 15.9 Å². The molecule has 0 aromatic heterocycles. The number of methoxy groups -OCH3 is 1. The van der Waals surface area contributed by atoms with Crippen LogP contribution >= 0.6 is 0 Å². The molecule has 0 heterocycles. The van der Waals surface area contributed by atoms with Gasteiger partial charge in [-0.25, -0.2) is 0 Å². The maximum Gasteiger partial charge on any atom is 0.150 e. The van der Waals surface area contributed by atoms with E-state index < -0.39 is 0 Å². The predicted molar refractivity (Wildman–Crippen MR) is 47.8 cm³/mol. The Bertz CT molecular complexity index is 284. The first-order valence-electron chi connectivity index (χ1n) is 3.64. The molecule has 1 rings (SSSR count). The topological polar surface area (TPSA) is 26.3 Å². The van der Waals surface area contributed by atoms with Gasteiger partial charge in [0.05, 0.1) is 15.0 Å². The van der Waals surface area contributed by atoms with Crippen molar-refractivity contribution in [1.29, 1.82) is 0 Å². The smallest absolute Gasteiger partial charge is 0.150 e. The van der Waals surface area contributed by atoms with Crippen LogP contribution < -0.4 is 4.74 Å². The lowest BCUT2D eigenvalue weighted by Gasteiger charge is -2.04. The molecule has 0 N–H and O–H groups in total. The third kappa shape index (κ3) is 1.67. The number of benzene rings is 1. The van der Waals surface area contributed by atoms with Gasteiger partial charge in [0.15, 0.2) is 0 Å². The second kappa shape index (κ2) is 3.95. The van der Waals surface area contributed by atoms with Crippen molar-refractivity contribution in [2.24, 2.45) is 0 Å². The fourth-order valence-electron chi connectivity index (χ4n) is 1.00. The van der Waals surface area contributed by atoms with Crippen LogP contribution in [0.15, 0.2) is 18.2 Å². The molecule has 60 valence electrons. The Hall–Kier alpha value is -1.25. The van der Waals surface area contributed by atoms with Crippen LogP contribution in [-0.4, -0.2) is 21.2 Å². The zero-order valence-corrected chi connectivity index (χ0v) is 6.91. The van der Waals surface area contributed by atoms with Crippen molar-refractivity contribution in [3.05, 3.63) is 29.3 Å². The van der Waals surface area contributed by atoms with E-state index in [1.165, 1.54) is 0 Å². The van der Waals surface area contributed by atoms with Gasteiger partial charge in [-0.15, -0.1) is 0 Å². The minimum absolute atomic E-state index is 0.352. The average molecular weight is 160 g/mol. The highest BCUT2D eigenvalue weighted by molar-refractivity contribution is 6.09. The highest BCUT2D eigenvalue weighted by atomic mass is 16.5. The zero-order valence-electron chi connectivity index (χ0n) is 6.91. The van der Waals surface area contributed by atoms with E-state index in [9.17, 15) is 4.79 Å². The summed E-state index contributed by atoms with van der Waals surface area (Å²) in [6.07, 6.45) is 1.15. The number of hydrogen-bond donors (Lipinski definition) is 0. The molecule has 0 saturated carbocycles. The van der Waals surface area contributed by atoms with Crippen LogP contribution in [0.5, 0.6) is 5.75 Å². The molecule has 0 bridgehead atoms. The van der Waals surface area contributed by atoms with Crippen molar-refractivity contribution in [3.8, 4) is 5.75 Å². The highest BCUT2D eigenvalue weighted by Gasteiger charge is 2.00. The van der Waals surface area contributed by atoms with E-state index in [0.717, 1.165) is 17.6 Å². The molecule has 2 nitrogen and oxygen atoms in total. The van der Waals surface area contributed by atoms with Crippen molar-refractivity contribution in [3.63, 3.8) is 0 Å². The van der Waals surface area contributed by atoms with E-state index in [-0.39, 0.29) is 0 Å². The van der Waals surface area contributed by atoms with E-state index in [0.29, 0.717) is 11.9 Å². The Morgan fingerprint density at radius 3 is 2.83 bits per heavy atom. The second-order valence-electron chi connectivity index (χ2n) is 2.39. The first-order chi connectivity index (χ1) is 5.81. The lowest BCUT2D eigenvalue weighted by atomic mass is 9.93. The first-order valence-corrected chi connectivity index (χ1v) is 3.64. The van der Waals surface area contributed by atoms with Crippen molar-refractivity contribution in [2.75, 3.05) is 7.11 Å². The van der Waals surface area contributed by atoms with Crippen molar-refractivity contribution in [2.45, 2.75) is 6.32 Å². The highest BCUT2D eigenvalue weighted by Crippen LogP contribution is 2.15. The number of hydrogen-bond acceptors (Lipinski definition) is 2. The molecule has 12 heavy (non-hydrogen) atoms. The maximum atomic E-state index is 10.5. The fourth-order valence-corrected chi connectivity index (χ4v) is 1.00. The van der Waals surface area contributed by atoms with Crippen LogP contribution in [0.4, 0.5) is 0 Å². The summed E-state index contributed by atoms with van der Waals surface area (Å²) in [7, 11) is 7.01. The number of carbonyl (C=O) groups is 1. The largest absolute Gasteiger partial charge is 0.497 e. The molecule has 3 heteroatoms. The summed E-state index contributed by atoms with van der Waals surface area (Å²) in [4.78, 5) is 10.5. The molecule has 0 atom stereocenters. The number of ether oxygens (including phenoxy) is 1. The van der Waals surface area contributed by atoms with E-state index in [1.807, 2.05) is 0 Å². The average Bonchev–Trinajstić information content (AvgIpc) is 2.16. The second-order valence-corrected chi connectivity index (χ2v) is 2.39. The SMILES string of the molecule is [B]Cc1cc(OC)ccc1C=O. The predicted octanol–water partition coefficient (Wildman–Crippen LogP) is 1.18. The van der Waals surface area contributed by atoms with Crippen LogP contribution in [0.25, 0.3) is 0 Å². The van der Waals surface area contributed by atoms with Gasteiger partial charge in [-0.2, -0.15) is 0 Å². The van der Waals surface area contributed by atoms with Crippen LogP contribution in [0, 0.1) is 0 Å². The van der Waals surface area contributed by atoms with E-state index >= 15 is 0 Å². The molecule has 0 saturated heterocycles. The van der Waals surface area contributed by atoms with Crippen molar-refractivity contribution in [1.82, 2.24) is 0 Å². The molecular formula is C9H9BO2. The van der Waals surface area contributed by atoms with Gasteiger partial charge in [-0.3, -0.25) is 4.79 Å². The van der Waals surface area contributed by atoms with Gasteiger partial charge in [-0.1, -0.05) is 6.32 Å². The van der Waals surface area contributed by atoms with Gasteiger partial charge in [0.1, 0.15) is 12.0 Å². The molecule has 2 radical (unpaired) electrons. The van der Waals surface area contributed by atoms with Gasteiger partial charge >= 0.3 is 0 Å². The third-order valence-corrected chi connectivity index (χ3v) is 1.70. The van der Waals surface area contributed by atoms with Crippen LogP contribution in [0.2, 0.25) is 0 Å². The third-order valence-electron chi connectivity index (χ3n) is 1.70. The molecule has 0 fully saturated rings. The molecule has 0 amide bonds. The molecule has 0 aliphatic rings. The summed E-state index contributed by atoms with van der Waals surface area (Å²) < 4.78 is 4.98. The van der Waals surface area contributed by atoms with Gasteiger partial charge < -0.3 is 4.74 Å². The lowest BCUT2D eigenvalue weighted by molar-refractivity contribution is 0.112. The molecule has 0 unspecified atom stereocenters. The van der Waals surface area contributed by atoms with Crippen molar-refractivity contribution < 1.29 is 9.53 Å².